The molecule has 0 radical (unpaired) electrons. The molecule has 2 N–H and O–H groups in total. The number of nitrogens with zero attached hydrogens (tertiary/aromatic N) is 2. The number of ether oxygens (including phenoxy) is 1. The maximum Gasteiger partial charge on any atom is 0.253 e. The Morgan fingerprint density at radius 1 is 1.50 bits per heavy atom. The summed E-state index contributed by atoms with van der Waals surface area (Å²) in [4.78, 5) is 13.7. The highest BCUT2D eigenvalue weighted by Crippen LogP contribution is 2.19. The molecule has 1 rings (SSSR count). The fraction of sp³-hybridized carbons (Fsp3) is 0.333. The van der Waals surface area contributed by atoms with Crippen LogP contribution >= 0.6 is 0 Å². The molecule has 0 saturated heterocycles. The molecule has 0 fully saturated rings. The van der Waals surface area contributed by atoms with Crippen molar-refractivity contribution in [3.63, 3.8) is 0 Å². The molecule has 1 aromatic carbocycles. The Hall–Kier alpha value is -2.50. The average Bonchev–Trinajstić information content (AvgIpc) is 2.49. The van der Waals surface area contributed by atoms with Gasteiger partial charge in [0.25, 0.3) is 5.91 Å². The van der Waals surface area contributed by atoms with Crippen molar-refractivity contribution in [2.75, 3.05) is 27.2 Å². The van der Waals surface area contributed by atoms with Crippen LogP contribution in [0.5, 0.6) is 5.75 Å². The molecule has 104 valence electrons. The number of nitriles is 1. The molecule has 5 nitrogen and oxygen atoms in total. The molecular weight excluding hydrogens is 254 g/mol. The summed E-state index contributed by atoms with van der Waals surface area (Å²) in [6, 6.07) is 7.06. The quantitative estimate of drug-likeness (QED) is 0.828. The number of hydrogen-bond acceptors (Lipinski definition) is 4. The molecule has 0 aromatic heterocycles. The van der Waals surface area contributed by atoms with Crippen LogP contribution in [0, 0.1) is 23.2 Å². The fourth-order valence-corrected chi connectivity index (χ4v) is 1.62. The van der Waals surface area contributed by atoms with Gasteiger partial charge in [-0.3, -0.25) is 4.79 Å². The van der Waals surface area contributed by atoms with E-state index in [-0.39, 0.29) is 12.5 Å². The third-order valence-corrected chi connectivity index (χ3v) is 2.68. The number of amides is 1. The van der Waals surface area contributed by atoms with Crippen LogP contribution in [0.4, 0.5) is 0 Å². The SMILES string of the molecule is COc1ccc(C(=O)N(C)CCC#N)cc1C#CCN. The Bertz CT molecular complexity index is 579. The molecule has 0 spiro atoms. The summed E-state index contributed by atoms with van der Waals surface area (Å²) in [6.07, 6.45) is 0.304. The van der Waals surface area contributed by atoms with Crippen LogP contribution in [-0.4, -0.2) is 38.1 Å². The molecule has 20 heavy (non-hydrogen) atoms. The lowest BCUT2D eigenvalue weighted by atomic mass is 10.1. The van der Waals surface area contributed by atoms with E-state index in [0.717, 1.165) is 0 Å². The van der Waals surface area contributed by atoms with Crippen molar-refractivity contribution in [1.29, 1.82) is 5.26 Å². The Morgan fingerprint density at radius 2 is 2.25 bits per heavy atom. The topological polar surface area (TPSA) is 79.3 Å². The van der Waals surface area contributed by atoms with Crippen molar-refractivity contribution in [2.45, 2.75) is 6.42 Å². The van der Waals surface area contributed by atoms with Crippen molar-refractivity contribution < 1.29 is 9.53 Å². The minimum absolute atomic E-state index is 0.154. The third-order valence-electron chi connectivity index (χ3n) is 2.68. The number of carbonyl (C=O) groups is 1. The maximum absolute atomic E-state index is 12.2. The van der Waals surface area contributed by atoms with Crippen LogP contribution < -0.4 is 10.5 Å². The zero-order valence-corrected chi connectivity index (χ0v) is 11.6. The number of hydrogen-bond donors (Lipinski definition) is 1. The van der Waals surface area contributed by atoms with Gasteiger partial charge in [-0.05, 0) is 18.2 Å². The molecule has 0 atom stereocenters. The molecule has 0 saturated carbocycles. The second-order valence-electron chi connectivity index (χ2n) is 4.06. The first kappa shape index (κ1) is 15.6. The summed E-state index contributed by atoms with van der Waals surface area (Å²) < 4.78 is 5.19. The average molecular weight is 271 g/mol. The van der Waals surface area contributed by atoms with Gasteiger partial charge in [0.2, 0.25) is 0 Å². The van der Waals surface area contributed by atoms with E-state index < -0.39 is 0 Å². The van der Waals surface area contributed by atoms with Crippen molar-refractivity contribution in [3.8, 4) is 23.7 Å². The first-order chi connectivity index (χ1) is 9.63. The van der Waals surface area contributed by atoms with E-state index in [1.165, 1.54) is 4.90 Å². The normalized spacial score (nSPS) is 9.10. The van der Waals surface area contributed by atoms with E-state index in [4.69, 9.17) is 15.7 Å². The molecule has 5 heteroatoms. The zero-order chi connectivity index (χ0) is 15.0. The molecule has 1 aromatic rings. The molecular formula is C15H17N3O2. The summed E-state index contributed by atoms with van der Waals surface area (Å²) in [5, 5.41) is 8.54. The standard InChI is InChI=1S/C15H17N3O2/c1-18(10-4-9-17)15(19)13-6-7-14(20-2)12(11-13)5-3-8-16/h6-7,11H,4,8,10,16H2,1-2H3. The summed E-state index contributed by atoms with van der Waals surface area (Å²) in [5.74, 6) is 6.06. The first-order valence-electron chi connectivity index (χ1n) is 6.13. The van der Waals surface area contributed by atoms with Crippen LogP contribution in [0.2, 0.25) is 0 Å². The Morgan fingerprint density at radius 3 is 2.85 bits per heavy atom. The van der Waals surface area contributed by atoms with E-state index in [0.29, 0.717) is 29.8 Å². The van der Waals surface area contributed by atoms with Gasteiger partial charge in [0, 0.05) is 19.2 Å². The van der Waals surface area contributed by atoms with Gasteiger partial charge in [-0.25, -0.2) is 0 Å². The third kappa shape index (κ3) is 4.01. The van der Waals surface area contributed by atoms with Gasteiger partial charge in [0.1, 0.15) is 5.75 Å². The lowest BCUT2D eigenvalue weighted by Gasteiger charge is -2.16. The highest BCUT2D eigenvalue weighted by atomic mass is 16.5. The molecule has 0 aliphatic carbocycles. The summed E-state index contributed by atoms with van der Waals surface area (Å²) in [5.41, 5.74) is 6.48. The molecule has 0 heterocycles. The van der Waals surface area contributed by atoms with Crippen molar-refractivity contribution >= 4 is 5.91 Å². The van der Waals surface area contributed by atoms with E-state index in [1.807, 2.05) is 6.07 Å². The number of benzene rings is 1. The van der Waals surface area contributed by atoms with E-state index in [2.05, 4.69) is 11.8 Å². The number of nitrogens with two attached hydrogens (primary N) is 1. The Balaban J connectivity index is 3.02. The number of methoxy groups -OCH3 is 1. The highest BCUT2D eigenvalue weighted by Gasteiger charge is 2.13. The Labute approximate surface area is 118 Å². The van der Waals surface area contributed by atoms with Gasteiger partial charge in [-0.2, -0.15) is 5.26 Å². The van der Waals surface area contributed by atoms with Gasteiger partial charge in [-0.1, -0.05) is 11.8 Å². The van der Waals surface area contributed by atoms with Gasteiger partial charge in [-0.15, -0.1) is 0 Å². The lowest BCUT2D eigenvalue weighted by Crippen LogP contribution is -2.27. The summed E-state index contributed by atoms with van der Waals surface area (Å²) in [7, 11) is 3.21. The highest BCUT2D eigenvalue weighted by molar-refractivity contribution is 5.94. The molecule has 0 unspecified atom stereocenters. The predicted molar refractivity (Wildman–Crippen MR) is 76.1 cm³/mol. The molecule has 0 aliphatic heterocycles. The van der Waals surface area contributed by atoms with E-state index in [1.54, 1.807) is 32.4 Å². The Kier molecular flexibility index (Phi) is 6.09. The van der Waals surface area contributed by atoms with Crippen LogP contribution in [0.1, 0.15) is 22.3 Å². The van der Waals surface area contributed by atoms with Crippen molar-refractivity contribution in [2.24, 2.45) is 5.73 Å². The number of carbonyl (C=O) groups excluding carboxylic acids is 1. The predicted octanol–water partition coefficient (Wildman–Crippen LogP) is 0.991. The van der Waals surface area contributed by atoms with Crippen molar-refractivity contribution in [1.82, 2.24) is 4.90 Å². The molecule has 0 aliphatic rings. The second kappa shape index (κ2) is 7.83. The van der Waals surface area contributed by atoms with Gasteiger partial charge >= 0.3 is 0 Å². The lowest BCUT2D eigenvalue weighted by molar-refractivity contribution is 0.0798. The molecule has 0 bridgehead atoms. The van der Waals surface area contributed by atoms with E-state index >= 15 is 0 Å². The van der Waals surface area contributed by atoms with Gasteiger partial charge in [0.15, 0.2) is 0 Å². The van der Waals surface area contributed by atoms with Gasteiger partial charge in [0.05, 0.1) is 31.7 Å². The summed E-state index contributed by atoms with van der Waals surface area (Å²) in [6.45, 7) is 0.634. The van der Waals surface area contributed by atoms with Crippen molar-refractivity contribution in [3.05, 3.63) is 29.3 Å². The fourth-order valence-electron chi connectivity index (χ4n) is 1.62. The first-order valence-corrected chi connectivity index (χ1v) is 6.13. The second-order valence-corrected chi connectivity index (χ2v) is 4.06. The van der Waals surface area contributed by atoms with Crippen LogP contribution in [0.3, 0.4) is 0 Å². The molecule has 1 amide bonds. The van der Waals surface area contributed by atoms with E-state index in [9.17, 15) is 4.79 Å². The maximum atomic E-state index is 12.2. The zero-order valence-electron chi connectivity index (χ0n) is 11.6. The largest absolute Gasteiger partial charge is 0.495 e. The minimum atomic E-state index is -0.154. The smallest absolute Gasteiger partial charge is 0.253 e. The monoisotopic (exact) mass is 271 g/mol. The van der Waals surface area contributed by atoms with Crippen LogP contribution in [0.25, 0.3) is 0 Å². The van der Waals surface area contributed by atoms with Crippen LogP contribution in [-0.2, 0) is 0 Å². The number of rotatable bonds is 4. The summed E-state index contributed by atoms with van der Waals surface area (Å²) >= 11 is 0. The van der Waals surface area contributed by atoms with Crippen LogP contribution in [0.15, 0.2) is 18.2 Å². The van der Waals surface area contributed by atoms with Gasteiger partial charge < -0.3 is 15.4 Å². The minimum Gasteiger partial charge on any atom is -0.495 e.